The molecule has 0 spiro atoms. The van der Waals surface area contributed by atoms with Gasteiger partial charge in [0.1, 0.15) is 11.4 Å². The van der Waals surface area contributed by atoms with E-state index in [1.807, 2.05) is 0 Å². The third-order valence-electron chi connectivity index (χ3n) is 4.89. The van der Waals surface area contributed by atoms with E-state index in [4.69, 9.17) is 9.57 Å². The predicted octanol–water partition coefficient (Wildman–Crippen LogP) is 3.51. The molecule has 0 radical (unpaired) electrons. The van der Waals surface area contributed by atoms with Gasteiger partial charge in [0.05, 0.1) is 19.5 Å². The molecule has 0 aliphatic carbocycles. The number of rotatable bonds is 6. The van der Waals surface area contributed by atoms with Crippen molar-refractivity contribution in [2.75, 3.05) is 6.54 Å². The van der Waals surface area contributed by atoms with Gasteiger partial charge in [-0.15, -0.1) is 15.3 Å². The smallest absolute Gasteiger partial charge is 0.444 e. The second kappa shape index (κ2) is 10.3. The molecule has 0 unspecified atom stereocenters. The highest BCUT2D eigenvalue weighted by Crippen LogP contribution is 2.29. The van der Waals surface area contributed by atoms with Gasteiger partial charge in [-0.1, -0.05) is 0 Å². The van der Waals surface area contributed by atoms with E-state index >= 15 is 0 Å². The van der Waals surface area contributed by atoms with Crippen LogP contribution in [0.15, 0.2) is 12.1 Å². The van der Waals surface area contributed by atoms with E-state index in [9.17, 15) is 35.9 Å². The molecule has 2 heterocycles. The van der Waals surface area contributed by atoms with Crippen LogP contribution in [0.4, 0.5) is 31.1 Å². The van der Waals surface area contributed by atoms with Gasteiger partial charge in [0.25, 0.3) is 0 Å². The van der Waals surface area contributed by atoms with Crippen molar-refractivity contribution in [3.8, 4) is 0 Å². The van der Waals surface area contributed by atoms with Crippen LogP contribution in [0.3, 0.4) is 0 Å². The lowest BCUT2D eigenvalue weighted by molar-refractivity contribution is -0.199. The van der Waals surface area contributed by atoms with Crippen molar-refractivity contribution in [2.24, 2.45) is 0 Å². The van der Waals surface area contributed by atoms with Crippen LogP contribution in [0.1, 0.15) is 44.4 Å². The van der Waals surface area contributed by atoms with E-state index in [2.05, 4.69) is 15.5 Å². The van der Waals surface area contributed by atoms with E-state index in [0.29, 0.717) is 12.1 Å². The van der Waals surface area contributed by atoms with Gasteiger partial charge in [0.2, 0.25) is 5.82 Å². The van der Waals surface area contributed by atoms with Gasteiger partial charge in [-0.3, -0.25) is 4.79 Å². The normalized spacial score (nSPS) is 15.2. The standard InChI is InChI=1S/C21H23F6N5O4/c1-20(2,3)35-19(34)28-12(6-11-7-14(23)15(24)9-13(11)22)8-17(33)36-31-4-5-32-16(10-31)29-30-18(32)21(25,26)27/h7,9,12H,4-6,8,10H2,1-3H3,(H,28,34)/t12-/m1/s1. The maximum absolute atomic E-state index is 14.2. The zero-order valence-corrected chi connectivity index (χ0v) is 19.5. The molecule has 0 bridgehead atoms. The minimum absolute atomic E-state index is 0.0753. The number of hydrogen-bond donors (Lipinski definition) is 1. The molecule has 0 fully saturated rings. The Balaban J connectivity index is 1.69. The number of benzene rings is 1. The number of aromatic nitrogens is 3. The molecule has 0 saturated heterocycles. The number of amides is 1. The first-order valence-electron chi connectivity index (χ1n) is 10.7. The molecule has 15 heteroatoms. The number of ether oxygens (including phenoxy) is 1. The Kier molecular flexibility index (Phi) is 7.81. The molecule has 1 aliphatic rings. The molecular weight excluding hydrogens is 500 g/mol. The van der Waals surface area contributed by atoms with Crippen molar-refractivity contribution in [3.05, 3.63) is 46.8 Å². The van der Waals surface area contributed by atoms with Crippen LogP contribution in [-0.4, -0.2) is 50.1 Å². The first-order chi connectivity index (χ1) is 16.6. The van der Waals surface area contributed by atoms with E-state index in [-0.39, 0.29) is 31.0 Å². The zero-order chi connectivity index (χ0) is 26.8. The Morgan fingerprint density at radius 1 is 1.06 bits per heavy atom. The molecule has 1 amide bonds. The fourth-order valence-corrected chi connectivity index (χ4v) is 3.44. The number of carbonyl (C=O) groups excluding carboxylic acids is 2. The summed E-state index contributed by atoms with van der Waals surface area (Å²) in [5.41, 5.74) is -1.21. The molecule has 36 heavy (non-hydrogen) atoms. The van der Waals surface area contributed by atoms with Gasteiger partial charge in [-0.2, -0.15) is 13.2 Å². The van der Waals surface area contributed by atoms with Gasteiger partial charge in [0, 0.05) is 18.7 Å². The number of hydroxylamine groups is 2. The number of hydrogen-bond acceptors (Lipinski definition) is 7. The Hall–Kier alpha value is -3.36. The van der Waals surface area contributed by atoms with Crippen molar-refractivity contribution in [1.29, 1.82) is 0 Å². The van der Waals surface area contributed by atoms with E-state index in [1.54, 1.807) is 20.8 Å². The van der Waals surface area contributed by atoms with Crippen LogP contribution in [0, 0.1) is 17.5 Å². The van der Waals surface area contributed by atoms with Crippen LogP contribution in [-0.2, 0) is 40.1 Å². The summed E-state index contributed by atoms with van der Waals surface area (Å²) in [4.78, 5) is 30.0. The average molecular weight is 523 g/mol. The van der Waals surface area contributed by atoms with Crippen LogP contribution >= 0.6 is 0 Å². The molecular formula is C21H23F6N5O4. The van der Waals surface area contributed by atoms with Crippen molar-refractivity contribution >= 4 is 12.1 Å². The Morgan fingerprint density at radius 3 is 2.36 bits per heavy atom. The molecule has 2 aromatic rings. The SMILES string of the molecule is CC(C)(C)OC(=O)N[C@@H](CC(=O)ON1CCn2c(nnc2C(F)(F)F)C1)Cc1cc(F)c(F)cc1F. The summed E-state index contributed by atoms with van der Waals surface area (Å²) in [7, 11) is 0. The Labute approximate surface area is 201 Å². The van der Waals surface area contributed by atoms with Gasteiger partial charge in [-0.05, 0) is 38.8 Å². The van der Waals surface area contributed by atoms with Crippen LogP contribution in [0.2, 0.25) is 0 Å². The van der Waals surface area contributed by atoms with Gasteiger partial charge >= 0.3 is 18.2 Å². The maximum Gasteiger partial charge on any atom is 0.451 e. The van der Waals surface area contributed by atoms with Crippen molar-refractivity contribution < 1.29 is 45.5 Å². The lowest BCUT2D eigenvalue weighted by atomic mass is 10.0. The molecule has 3 rings (SSSR count). The largest absolute Gasteiger partial charge is 0.451 e. The third-order valence-corrected chi connectivity index (χ3v) is 4.89. The second-order valence-corrected chi connectivity index (χ2v) is 9.03. The molecule has 1 aromatic carbocycles. The number of alkyl carbamates (subject to hydrolysis) is 1. The first kappa shape index (κ1) is 27.2. The minimum atomic E-state index is -4.69. The van der Waals surface area contributed by atoms with Crippen LogP contribution in [0.5, 0.6) is 0 Å². The predicted molar refractivity (Wildman–Crippen MR) is 109 cm³/mol. The fraction of sp³-hybridized carbons (Fsp3) is 0.524. The summed E-state index contributed by atoms with van der Waals surface area (Å²) >= 11 is 0. The summed E-state index contributed by atoms with van der Waals surface area (Å²) in [5, 5.41) is 10.0. The summed E-state index contributed by atoms with van der Waals surface area (Å²) in [6, 6.07) is -0.209. The molecule has 1 atom stereocenters. The van der Waals surface area contributed by atoms with E-state index < -0.39 is 66.0 Å². The number of nitrogens with one attached hydrogen (secondary N) is 1. The molecule has 0 saturated carbocycles. The van der Waals surface area contributed by atoms with Gasteiger partial charge < -0.3 is 19.5 Å². The van der Waals surface area contributed by atoms with Crippen molar-refractivity contribution in [3.63, 3.8) is 0 Å². The summed E-state index contributed by atoms with van der Waals surface area (Å²) < 4.78 is 86.0. The molecule has 1 aromatic heterocycles. The topological polar surface area (TPSA) is 98.6 Å². The van der Waals surface area contributed by atoms with Gasteiger partial charge in [-0.25, -0.2) is 18.0 Å². The summed E-state index contributed by atoms with van der Waals surface area (Å²) in [6.45, 7) is 4.17. The minimum Gasteiger partial charge on any atom is -0.444 e. The number of halogens is 6. The number of nitrogens with zero attached hydrogens (tertiary/aromatic N) is 4. The van der Waals surface area contributed by atoms with Gasteiger partial charge in [0.15, 0.2) is 17.5 Å². The zero-order valence-electron chi connectivity index (χ0n) is 19.5. The Bertz CT molecular complexity index is 1130. The highest BCUT2D eigenvalue weighted by molar-refractivity contribution is 5.73. The fourth-order valence-electron chi connectivity index (χ4n) is 3.44. The highest BCUT2D eigenvalue weighted by Gasteiger charge is 2.40. The summed E-state index contributed by atoms with van der Waals surface area (Å²) in [6.07, 6.45) is -6.61. The molecule has 9 nitrogen and oxygen atoms in total. The van der Waals surface area contributed by atoms with Crippen LogP contribution in [0.25, 0.3) is 0 Å². The first-order valence-corrected chi connectivity index (χ1v) is 10.7. The van der Waals surface area contributed by atoms with Crippen molar-refractivity contribution in [2.45, 2.75) is 64.5 Å². The van der Waals surface area contributed by atoms with Crippen molar-refractivity contribution in [1.82, 2.24) is 25.1 Å². The highest BCUT2D eigenvalue weighted by atomic mass is 19.4. The number of fused-ring (bicyclic) bond motifs is 1. The molecule has 1 aliphatic heterocycles. The summed E-state index contributed by atoms with van der Waals surface area (Å²) in [5.74, 6) is -5.98. The second-order valence-electron chi connectivity index (χ2n) is 9.03. The third kappa shape index (κ3) is 7.08. The lowest BCUT2D eigenvalue weighted by Gasteiger charge is -2.27. The molecule has 1 N–H and O–H groups in total. The molecule has 198 valence electrons. The Morgan fingerprint density at radius 2 is 1.72 bits per heavy atom. The van der Waals surface area contributed by atoms with Crippen LogP contribution < -0.4 is 5.32 Å². The quantitative estimate of drug-likeness (QED) is 0.457. The maximum atomic E-state index is 14.2. The lowest BCUT2D eigenvalue weighted by Crippen LogP contribution is -2.43. The number of alkyl halides is 3. The monoisotopic (exact) mass is 523 g/mol. The number of carbonyl (C=O) groups is 2. The van der Waals surface area contributed by atoms with E-state index in [1.165, 1.54) is 0 Å². The average Bonchev–Trinajstić information content (AvgIpc) is 3.14. The van der Waals surface area contributed by atoms with E-state index in [0.717, 1.165) is 9.63 Å².